The lowest BCUT2D eigenvalue weighted by Crippen LogP contribution is -2.44. The average Bonchev–Trinajstić information content (AvgIpc) is 3.30. The fraction of sp³-hybridized carbons (Fsp3) is 0.389. The Morgan fingerprint density at radius 1 is 1.26 bits per heavy atom. The van der Waals surface area contributed by atoms with Gasteiger partial charge in [-0.05, 0) is 19.2 Å². The van der Waals surface area contributed by atoms with Gasteiger partial charge in [0.1, 0.15) is 5.82 Å². The lowest BCUT2D eigenvalue weighted by molar-refractivity contribution is 0.190. The summed E-state index contributed by atoms with van der Waals surface area (Å²) >= 11 is 0. The first-order chi connectivity index (χ1) is 12.7. The van der Waals surface area contributed by atoms with Crippen molar-refractivity contribution < 1.29 is 13.3 Å². The molecule has 3 aromatic rings. The number of halogens is 2. The lowest BCUT2D eigenvalue weighted by atomic mass is 10.2. The van der Waals surface area contributed by atoms with Gasteiger partial charge in [-0.2, -0.15) is 4.98 Å². The molecule has 0 saturated carbocycles. The fourth-order valence-corrected chi connectivity index (χ4v) is 3.02. The number of aromatic nitrogens is 3. The van der Waals surface area contributed by atoms with Crippen molar-refractivity contribution in [2.45, 2.75) is 18.9 Å². The molecule has 0 spiro atoms. The standard InChI is InChI=1S/C18H20FN5O2.ClH/c1-24-9-8-20-10-14(24)18-22-17(26-23-18)7-6-16-21-11-15(25-16)12-4-2-3-5-13(12)19;/h2-5,11,14,20H,6-10H2,1H3;1H. The van der Waals surface area contributed by atoms with Crippen LogP contribution in [0, 0.1) is 5.82 Å². The first-order valence-electron chi connectivity index (χ1n) is 8.64. The number of aryl methyl sites for hydroxylation is 2. The summed E-state index contributed by atoms with van der Waals surface area (Å²) in [5, 5.41) is 7.43. The highest BCUT2D eigenvalue weighted by molar-refractivity contribution is 5.85. The summed E-state index contributed by atoms with van der Waals surface area (Å²) in [6, 6.07) is 6.59. The molecule has 1 fully saturated rings. The van der Waals surface area contributed by atoms with Crippen LogP contribution < -0.4 is 5.32 Å². The molecular weight excluding hydrogens is 373 g/mol. The Morgan fingerprint density at radius 3 is 2.89 bits per heavy atom. The lowest BCUT2D eigenvalue weighted by Gasteiger charge is -2.30. The second-order valence-corrected chi connectivity index (χ2v) is 6.34. The molecule has 0 aliphatic carbocycles. The van der Waals surface area contributed by atoms with Crippen molar-refractivity contribution in [1.29, 1.82) is 0 Å². The third-order valence-corrected chi connectivity index (χ3v) is 4.54. The van der Waals surface area contributed by atoms with Gasteiger partial charge >= 0.3 is 0 Å². The Bertz CT molecular complexity index is 884. The smallest absolute Gasteiger partial charge is 0.227 e. The van der Waals surface area contributed by atoms with E-state index in [2.05, 4.69) is 32.4 Å². The number of hydrogen-bond acceptors (Lipinski definition) is 7. The average molecular weight is 394 g/mol. The van der Waals surface area contributed by atoms with Gasteiger partial charge in [0.15, 0.2) is 17.5 Å². The topological polar surface area (TPSA) is 80.2 Å². The predicted molar refractivity (Wildman–Crippen MR) is 99.1 cm³/mol. The van der Waals surface area contributed by atoms with Crippen molar-refractivity contribution in [3.63, 3.8) is 0 Å². The van der Waals surface area contributed by atoms with Crippen LogP contribution in [0.5, 0.6) is 0 Å². The summed E-state index contributed by atoms with van der Waals surface area (Å²) in [6.45, 7) is 2.72. The monoisotopic (exact) mass is 393 g/mol. The second kappa shape index (κ2) is 8.60. The molecule has 1 saturated heterocycles. The Hall–Kier alpha value is -2.29. The SMILES string of the molecule is CN1CCNCC1c1noc(CCc2ncc(-c3ccccc3F)o2)n1.Cl. The molecule has 0 bridgehead atoms. The molecule has 0 amide bonds. The molecule has 7 nitrogen and oxygen atoms in total. The molecule has 144 valence electrons. The van der Waals surface area contributed by atoms with E-state index >= 15 is 0 Å². The Labute approximate surface area is 162 Å². The third-order valence-electron chi connectivity index (χ3n) is 4.54. The minimum Gasteiger partial charge on any atom is -0.441 e. The molecule has 1 aliphatic heterocycles. The third kappa shape index (κ3) is 4.35. The first-order valence-corrected chi connectivity index (χ1v) is 8.64. The van der Waals surface area contributed by atoms with Crippen LogP contribution in [0.1, 0.15) is 23.6 Å². The molecule has 1 unspecified atom stereocenters. The maximum atomic E-state index is 13.8. The molecule has 4 rings (SSSR count). The maximum Gasteiger partial charge on any atom is 0.227 e. The van der Waals surface area contributed by atoms with E-state index in [4.69, 9.17) is 8.94 Å². The van der Waals surface area contributed by atoms with Crippen molar-refractivity contribution in [3.8, 4) is 11.3 Å². The summed E-state index contributed by atoms with van der Waals surface area (Å²) in [5.74, 6) is 1.83. The van der Waals surface area contributed by atoms with E-state index in [1.165, 1.54) is 12.3 Å². The van der Waals surface area contributed by atoms with Crippen LogP contribution in [-0.4, -0.2) is 46.7 Å². The van der Waals surface area contributed by atoms with E-state index < -0.39 is 0 Å². The van der Waals surface area contributed by atoms with Gasteiger partial charge in [0.25, 0.3) is 0 Å². The van der Waals surface area contributed by atoms with Crippen molar-refractivity contribution in [3.05, 3.63) is 53.9 Å². The number of benzene rings is 1. The van der Waals surface area contributed by atoms with Crippen LogP contribution in [0.2, 0.25) is 0 Å². The Balaban J connectivity index is 0.00000210. The van der Waals surface area contributed by atoms with E-state index in [0.717, 1.165) is 19.6 Å². The van der Waals surface area contributed by atoms with Crippen LogP contribution in [0.3, 0.4) is 0 Å². The first kappa shape index (κ1) is 19.5. The van der Waals surface area contributed by atoms with E-state index in [1.54, 1.807) is 18.2 Å². The van der Waals surface area contributed by atoms with Gasteiger partial charge in [0.05, 0.1) is 17.8 Å². The quantitative estimate of drug-likeness (QED) is 0.713. The van der Waals surface area contributed by atoms with Crippen LogP contribution in [0.4, 0.5) is 4.39 Å². The fourth-order valence-electron chi connectivity index (χ4n) is 3.02. The zero-order valence-corrected chi connectivity index (χ0v) is 15.7. The minimum atomic E-state index is -0.332. The second-order valence-electron chi connectivity index (χ2n) is 6.34. The Morgan fingerprint density at radius 2 is 2.07 bits per heavy atom. The Kier molecular flexibility index (Phi) is 6.20. The molecule has 1 aliphatic rings. The van der Waals surface area contributed by atoms with Crippen LogP contribution in [0.25, 0.3) is 11.3 Å². The van der Waals surface area contributed by atoms with Gasteiger partial charge in [-0.1, -0.05) is 17.3 Å². The summed E-state index contributed by atoms with van der Waals surface area (Å²) in [5.41, 5.74) is 0.402. The van der Waals surface area contributed by atoms with Gasteiger partial charge < -0.3 is 14.3 Å². The largest absolute Gasteiger partial charge is 0.441 e. The number of nitrogens with zero attached hydrogens (tertiary/aromatic N) is 4. The van der Waals surface area contributed by atoms with Crippen LogP contribution in [-0.2, 0) is 12.8 Å². The van der Waals surface area contributed by atoms with E-state index in [0.29, 0.717) is 41.8 Å². The molecule has 27 heavy (non-hydrogen) atoms. The van der Waals surface area contributed by atoms with Gasteiger partial charge in [-0.25, -0.2) is 9.37 Å². The van der Waals surface area contributed by atoms with E-state index in [-0.39, 0.29) is 24.3 Å². The minimum absolute atomic E-state index is 0. The highest BCUT2D eigenvalue weighted by Crippen LogP contribution is 2.24. The highest BCUT2D eigenvalue weighted by Gasteiger charge is 2.25. The number of nitrogens with one attached hydrogen (secondary N) is 1. The van der Waals surface area contributed by atoms with Gasteiger partial charge in [-0.15, -0.1) is 12.4 Å². The van der Waals surface area contributed by atoms with Gasteiger partial charge in [-0.3, -0.25) is 4.90 Å². The van der Waals surface area contributed by atoms with Crippen molar-refractivity contribution >= 4 is 12.4 Å². The zero-order valence-electron chi connectivity index (χ0n) is 14.9. The van der Waals surface area contributed by atoms with E-state index in [9.17, 15) is 4.39 Å². The molecule has 0 radical (unpaired) electrons. The maximum absolute atomic E-state index is 13.8. The molecule has 3 heterocycles. The number of likely N-dealkylation sites (N-methyl/N-ethyl adjacent to an activating group) is 1. The number of oxazole rings is 1. The molecule has 9 heteroatoms. The molecule has 1 aromatic carbocycles. The van der Waals surface area contributed by atoms with Gasteiger partial charge in [0.2, 0.25) is 5.89 Å². The van der Waals surface area contributed by atoms with Crippen molar-refractivity contribution in [2.24, 2.45) is 0 Å². The highest BCUT2D eigenvalue weighted by atomic mass is 35.5. The molecule has 1 atom stereocenters. The van der Waals surface area contributed by atoms with Crippen LogP contribution in [0.15, 0.2) is 39.4 Å². The van der Waals surface area contributed by atoms with E-state index in [1.807, 2.05) is 0 Å². The molecule has 1 N–H and O–H groups in total. The predicted octanol–water partition coefficient (Wildman–Crippen LogP) is 2.65. The summed E-state index contributed by atoms with van der Waals surface area (Å²) in [6.07, 6.45) is 2.57. The summed E-state index contributed by atoms with van der Waals surface area (Å²) in [7, 11) is 2.05. The van der Waals surface area contributed by atoms with Crippen molar-refractivity contribution in [1.82, 2.24) is 25.3 Å². The normalized spacial score (nSPS) is 17.6. The number of rotatable bonds is 5. The van der Waals surface area contributed by atoms with Crippen LogP contribution >= 0.6 is 12.4 Å². The number of piperazine rings is 1. The van der Waals surface area contributed by atoms with Gasteiger partial charge in [0, 0.05) is 32.5 Å². The molecule has 2 aromatic heterocycles. The zero-order chi connectivity index (χ0) is 17.9. The van der Waals surface area contributed by atoms with Crippen molar-refractivity contribution in [2.75, 3.05) is 26.7 Å². The number of hydrogen-bond donors (Lipinski definition) is 1. The summed E-state index contributed by atoms with van der Waals surface area (Å²) < 4.78 is 24.8. The summed E-state index contributed by atoms with van der Waals surface area (Å²) in [4.78, 5) is 10.9. The molecular formula is C18H21ClFN5O2.